The molecular formula is C30H37N3O5S. The summed E-state index contributed by atoms with van der Waals surface area (Å²) in [6, 6.07) is 23.4. The maximum atomic E-state index is 14.0. The number of anilines is 1. The van der Waals surface area contributed by atoms with Gasteiger partial charge in [0.15, 0.2) is 0 Å². The summed E-state index contributed by atoms with van der Waals surface area (Å²) in [5.74, 6) is -0.448. The fourth-order valence-corrected chi connectivity index (χ4v) is 5.79. The minimum atomic E-state index is -4.15. The van der Waals surface area contributed by atoms with Crippen LogP contribution in [-0.4, -0.2) is 57.4 Å². The SMILES string of the molecule is CC[C@H](C(=O)NC(C)C)N(CCc1ccccc1)C(=O)CN(c1ccccc1OC)S(=O)(=O)c1ccccc1. The lowest BCUT2D eigenvalue weighted by Crippen LogP contribution is -2.54. The van der Waals surface area contributed by atoms with E-state index in [0.717, 1.165) is 9.87 Å². The number of hydrogen-bond donors (Lipinski definition) is 1. The van der Waals surface area contributed by atoms with Crippen molar-refractivity contribution >= 4 is 27.5 Å². The summed E-state index contributed by atoms with van der Waals surface area (Å²) in [6.07, 6.45) is 0.886. The van der Waals surface area contributed by atoms with Crippen LogP contribution in [0.5, 0.6) is 5.75 Å². The van der Waals surface area contributed by atoms with Crippen molar-refractivity contribution in [1.29, 1.82) is 0 Å². The van der Waals surface area contributed by atoms with E-state index in [1.54, 1.807) is 42.5 Å². The first-order chi connectivity index (χ1) is 18.7. The number of hydrogen-bond acceptors (Lipinski definition) is 5. The van der Waals surface area contributed by atoms with Crippen LogP contribution >= 0.6 is 0 Å². The number of rotatable bonds is 13. The Hall–Kier alpha value is -3.85. The summed E-state index contributed by atoms with van der Waals surface area (Å²) < 4.78 is 34.3. The van der Waals surface area contributed by atoms with Crippen molar-refractivity contribution in [2.24, 2.45) is 0 Å². The summed E-state index contributed by atoms with van der Waals surface area (Å²) >= 11 is 0. The van der Waals surface area contributed by atoms with Crippen LogP contribution < -0.4 is 14.4 Å². The molecule has 0 spiro atoms. The number of nitrogens with zero attached hydrogens (tertiary/aromatic N) is 2. The molecule has 0 saturated carbocycles. The molecule has 0 aromatic heterocycles. The Morgan fingerprint density at radius 3 is 2.08 bits per heavy atom. The van der Waals surface area contributed by atoms with Crippen molar-refractivity contribution in [1.82, 2.24) is 10.2 Å². The van der Waals surface area contributed by atoms with Crippen LogP contribution in [0.1, 0.15) is 32.8 Å². The molecule has 0 unspecified atom stereocenters. The smallest absolute Gasteiger partial charge is 0.264 e. The van der Waals surface area contributed by atoms with Crippen molar-refractivity contribution < 1.29 is 22.7 Å². The molecule has 0 heterocycles. The van der Waals surface area contributed by atoms with Crippen molar-refractivity contribution in [2.45, 2.75) is 50.6 Å². The molecule has 8 nitrogen and oxygen atoms in total. The van der Waals surface area contributed by atoms with Crippen LogP contribution in [0.4, 0.5) is 5.69 Å². The first kappa shape index (κ1) is 29.7. The highest BCUT2D eigenvalue weighted by Gasteiger charge is 2.34. The maximum Gasteiger partial charge on any atom is 0.264 e. The van der Waals surface area contributed by atoms with Gasteiger partial charge >= 0.3 is 0 Å². The number of amides is 2. The maximum absolute atomic E-state index is 14.0. The molecule has 3 aromatic rings. The molecule has 2 amide bonds. The van der Waals surface area contributed by atoms with Crippen molar-refractivity contribution in [3.8, 4) is 5.75 Å². The van der Waals surface area contributed by atoms with Gasteiger partial charge in [-0.15, -0.1) is 0 Å². The molecule has 208 valence electrons. The van der Waals surface area contributed by atoms with E-state index in [2.05, 4.69) is 5.32 Å². The van der Waals surface area contributed by atoms with Crippen molar-refractivity contribution in [3.63, 3.8) is 0 Å². The van der Waals surface area contributed by atoms with Gasteiger partial charge in [-0.1, -0.05) is 67.6 Å². The zero-order valence-electron chi connectivity index (χ0n) is 22.9. The summed E-state index contributed by atoms with van der Waals surface area (Å²) in [6.45, 7) is 5.30. The van der Waals surface area contributed by atoms with Crippen molar-refractivity contribution in [3.05, 3.63) is 90.5 Å². The number of carbonyl (C=O) groups excluding carboxylic acids is 2. The van der Waals surface area contributed by atoms with Gasteiger partial charge in [-0.2, -0.15) is 0 Å². The Kier molecular flexibility index (Phi) is 10.5. The Morgan fingerprint density at radius 2 is 1.49 bits per heavy atom. The lowest BCUT2D eigenvalue weighted by atomic mass is 10.1. The van der Waals surface area contributed by atoms with Crippen LogP contribution in [0.2, 0.25) is 0 Å². The van der Waals surface area contributed by atoms with E-state index in [1.807, 2.05) is 51.1 Å². The van der Waals surface area contributed by atoms with E-state index >= 15 is 0 Å². The molecule has 0 saturated heterocycles. The first-order valence-electron chi connectivity index (χ1n) is 13.0. The lowest BCUT2D eigenvalue weighted by Gasteiger charge is -2.33. The second-order valence-corrected chi connectivity index (χ2v) is 11.3. The van der Waals surface area contributed by atoms with Gasteiger partial charge in [0.2, 0.25) is 11.8 Å². The van der Waals surface area contributed by atoms with E-state index in [1.165, 1.54) is 24.1 Å². The van der Waals surface area contributed by atoms with Gasteiger partial charge in [0.25, 0.3) is 10.0 Å². The number of benzene rings is 3. The van der Waals surface area contributed by atoms with Gasteiger partial charge in [0, 0.05) is 12.6 Å². The number of carbonyl (C=O) groups is 2. The van der Waals surface area contributed by atoms with Crippen LogP contribution in [-0.2, 0) is 26.0 Å². The molecule has 0 aliphatic heterocycles. The van der Waals surface area contributed by atoms with Crippen LogP contribution in [0.15, 0.2) is 89.8 Å². The molecule has 1 N–H and O–H groups in total. The van der Waals surface area contributed by atoms with Gasteiger partial charge in [0.1, 0.15) is 18.3 Å². The molecule has 0 aliphatic carbocycles. The quantitative estimate of drug-likeness (QED) is 0.342. The Morgan fingerprint density at radius 1 is 0.897 bits per heavy atom. The van der Waals surface area contributed by atoms with E-state index in [9.17, 15) is 18.0 Å². The van der Waals surface area contributed by atoms with Gasteiger partial charge in [-0.25, -0.2) is 8.42 Å². The molecule has 9 heteroatoms. The van der Waals surface area contributed by atoms with Gasteiger partial charge in [-0.3, -0.25) is 13.9 Å². The lowest BCUT2D eigenvalue weighted by molar-refractivity contribution is -0.139. The highest BCUT2D eigenvalue weighted by atomic mass is 32.2. The normalized spacial score (nSPS) is 12.0. The molecule has 1 atom stereocenters. The number of nitrogens with one attached hydrogen (secondary N) is 1. The first-order valence-corrected chi connectivity index (χ1v) is 14.5. The third kappa shape index (κ3) is 7.60. The minimum absolute atomic E-state index is 0.0455. The molecule has 0 fully saturated rings. The largest absolute Gasteiger partial charge is 0.495 e. The molecule has 0 aliphatic rings. The number of methoxy groups -OCH3 is 1. The highest BCUT2D eigenvalue weighted by molar-refractivity contribution is 7.92. The summed E-state index contributed by atoms with van der Waals surface area (Å²) in [5.41, 5.74) is 1.24. The monoisotopic (exact) mass is 551 g/mol. The third-order valence-corrected chi connectivity index (χ3v) is 8.04. The molecular weight excluding hydrogens is 514 g/mol. The zero-order valence-corrected chi connectivity index (χ0v) is 23.7. The van der Waals surface area contributed by atoms with E-state index in [4.69, 9.17) is 4.74 Å². The minimum Gasteiger partial charge on any atom is -0.495 e. The van der Waals surface area contributed by atoms with Gasteiger partial charge in [0.05, 0.1) is 17.7 Å². The summed E-state index contributed by atoms with van der Waals surface area (Å²) in [5, 5.41) is 2.90. The van der Waals surface area contributed by atoms with E-state index < -0.39 is 28.5 Å². The molecule has 39 heavy (non-hydrogen) atoms. The second kappa shape index (κ2) is 13.8. The number of ether oxygens (including phenoxy) is 1. The Bertz CT molecular complexity index is 1330. The van der Waals surface area contributed by atoms with E-state index in [-0.39, 0.29) is 29.1 Å². The summed E-state index contributed by atoms with van der Waals surface area (Å²) in [4.78, 5) is 28.7. The average molecular weight is 552 g/mol. The van der Waals surface area contributed by atoms with Gasteiger partial charge in [-0.05, 0) is 56.5 Å². The zero-order chi connectivity index (χ0) is 28.4. The predicted octanol–water partition coefficient (Wildman–Crippen LogP) is 4.27. The number of para-hydroxylation sites is 2. The standard InChI is InChI=1S/C30H37N3O5S/c1-5-26(30(35)31-23(2)3)32(21-20-24-14-8-6-9-15-24)29(34)22-33(27-18-12-13-19-28(27)38-4)39(36,37)25-16-10-7-11-17-25/h6-19,23,26H,5,20-22H2,1-4H3,(H,31,35)/t26-/m1/s1. The molecule has 0 bridgehead atoms. The highest BCUT2D eigenvalue weighted by Crippen LogP contribution is 2.32. The third-order valence-electron chi connectivity index (χ3n) is 6.26. The Balaban J connectivity index is 2.03. The fraction of sp³-hybridized carbons (Fsp3) is 0.333. The van der Waals surface area contributed by atoms with Crippen LogP contribution in [0, 0.1) is 0 Å². The van der Waals surface area contributed by atoms with E-state index in [0.29, 0.717) is 18.6 Å². The molecule has 3 rings (SSSR count). The van der Waals surface area contributed by atoms with Crippen LogP contribution in [0.3, 0.4) is 0 Å². The number of sulfonamides is 1. The molecule has 0 radical (unpaired) electrons. The average Bonchev–Trinajstić information content (AvgIpc) is 2.94. The topological polar surface area (TPSA) is 96.0 Å². The fourth-order valence-electron chi connectivity index (χ4n) is 4.35. The Labute approximate surface area is 231 Å². The second-order valence-electron chi connectivity index (χ2n) is 9.41. The predicted molar refractivity (Wildman–Crippen MR) is 153 cm³/mol. The summed E-state index contributed by atoms with van der Waals surface area (Å²) in [7, 11) is -2.70. The van der Waals surface area contributed by atoms with Crippen molar-refractivity contribution in [2.75, 3.05) is 24.5 Å². The van der Waals surface area contributed by atoms with Crippen LogP contribution in [0.25, 0.3) is 0 Å². The molecule has 3 aromatic carbocycles. The van der Waals surface area contributed by atoms with Gasteiger partial charge < -0.3 is 15.0 Å².